The highest BCUT2D eigenvalue weighted by atomic mass is 16.8. The number of esters is 1. The van der Waals surface area contributed by atoms with Gasteiger partial charge >= 0.3 is 5.97 Å². The summed E-state index contributed by atoms with van der Waals surface area (Å²) in [5.74, 6) is -1.72. The van der Waals surface area contributed by atoms with Gasteiger partial charge in [-0.05, 0) is 70.8 Å². The minimum atomic E-state index is -1.68. The van der Waals surface area contributed by atoms with Gasteiger partial charge in [-0.2, -0.15) is 0 Å². The van der Waals surface area contributed by atoms with E-state index in [-0.39, 0.29) is 18.2 Å². The summed E-state index contributed by atoms with van der Waals surface area (Å²) < 4.78 is 19.1. The van der Waals surface area contributed by atoms with Gasteiger partial charge in [0, 0.05) is 39.4 Å². The molecule has 3 fully saturated rings. The number of hydrogen-bond donors (Lipinski definition) is 2. The van der Waals surface area contributed by atoms with Gasteiger partial charge in [0.25, 0.3) is 0 Å². The first-order valence-electron chi connectivity index (χ1n) is 14.1. The molecule has 7 atom stereocenters. The lowest BCUT2D eigenvalue weighted by Gasteiger charge is -2.67. The number of likely N-dealkylation sites (N-methyl/N-ethyl adjacent to an activating group) is 1. The number of ether oxygens (including phenoxy) is 3. The number of rotatable bonds is 3. The summed E-state index contributed by atoms with van der Waals surface area (Å²) in [6, 6.07) is 8.33. The van der Waals surface area contributed by atoms with E-state index in [4.69, 9.17) is 14.2 Å². The Morgan fingerprint density at radius 3 is 2.67 bits per heavy atom. The van der Waals surface area contributed by atoms with Crippen molar-refractivity contribution in [1.82, 2.24) is 9.88 Å². The average molecular weight is 535 g/mol. The Balaban J connectivity index is 1.43. The molecule has 2 unspecified atom stereocenters. The van der Waals surface area contributed by atoms with E-state index in [1.165, 1.54) is 10.9 Å². The molecule has 5 aliphatic rings. The van der Waals surface area contributed by atoms with E-state index in [9.17, 15) is 14.7 Å². The highest BCUT2D eigenvalue weighted by molar-refractivity contribution is 5.97. The topological polar surface area (TPSA) is 101 Å². The highest BCUT2D eigenvalue weighted by Crippen LogP contribution is 2.72. The van der Waals surface area contributed by atoms with Gasteiger partial charge in [0.2, 0.25) is 0 Å². The summed E-state index contributed by atoms with van der Waals surface area (Å²) in [6.07, 6.45) is 2.33. The highest BCUT2D eigenvalue weighted by Gasteiger charge is 2.78. The zero-order chi connectivity index (χ0) is 27.8. The Labute approximate surface area is 228 Å². The number of carbonyl (C=O) groups is 2. The van der Waals surface area contributed by atoms with Crippen molar-refractivity contribution in [2.45, 2.75) is 88.0 Å². The van der Waals surface area contributed by atoms with Crippen molar-refractivity contribution in [2.24, 2.45) is 11.3 Å². The number of ketones is 1. The number of nitrogens with zero attached hydrogens (tertiary/aromatic N) is 1. The molecule has 2 aromatic rings. The minimum absolute atomic E-state index is 0.0974. The number of fused-ring (bicyclic) bond motifs is 9. The second-order valence-corrected chi connectivity index (χ2v) is 13.6. The van der Waals surface area contributed by atoms with Crippen LogP contribution in [0, 0.1) is 11.3 Å². The Morgan fingerprint density at radius 1 is 1.18 bits per heavy atom. The number of benzene rings is 1. The van der Waals surface area contributed by atoms with Gasteiger partial charge in [-0.1, -0.05) is 32.0 Å². The van der Waals surface area contributed by atoms with Crippen LogP contribution in [0.25, 0.3) is 10.9 Å². The third-order valence-electron chi connectivity index (χ3n) is 11.0. The van der Waals surface area contributed by atoms with Crippen molar-refractivity contribution in [2.75, 3.05) is 20.6 Å². The fraction of sp³-hybridized carbons (Fsp3) is 0.613. The molecule has 8 heteroatoms. The molecular weight excluding hydrogens is 496 g/mol. The largest absolute Gasteiger partial charge is 0.458 e. The molecule has 2 bridgehead atoms. The molecule has 39 heavy (non-hydrogen) atoms. The molecule has 7 rings (SSSR count). The van der Waals surface area contributed by atoms with Crippen LogP contribution in [-0.4, -0.2) is 76.6 Å². The smallest absolute Gasteiger partial charge is 0.320 e. The quantitative estimate of drug-likeness (QED) is 0.582. The van der Waals surface area contributed by atoms with Gasteiger partial charge in [0.05, 0.1) is 6.54 Å². The van der Waals surface area contributed by atoms with Crippen molar-refractivity contribution < 1.29 is 28.9 Å². The summed E-state index contributed by atoms with van der Waals surface area (Å²) in [6.45, 7) is 8.17. The maximum atomic E-state index is 13.4. The predicted molar refractivity (Wildman–Crippen MR) is 144 cm³/mol. The molecule has 3 aliphatic carbocycles. The average Bonchev–Trinajstić information content (AvgIpc) is 3.44. The third kappa shape index (κ3) is 2.93. The molecule has 0 radical (unpaired) electrons. The Kier molecular flexibility index (Phi) is 4.96. The van der Waals surface area contributed by atoms with Gasteiger partial charge in [-0.15, -0.1) is 0 Å². The Bertz CT molecular complexity index is 1460. The number of para-hydroxylation sites is 1. The van der Waals surface area contributed by atoms with E-state index < -0.39 is 46.0 Å². The number of aromatic nitrogens is 1. The van der Waals surface area contributed by atoms with Crippen LogP contribution in [0.5, 0.6) is 0 Å². The predicted octanol–water partition coefficient (Wildman–Crippen LogP) is 3.41. The fourth-order valence-corrected chi connectivity index (χ4v) is 8.99. The molecule has 1 spiro atoms. The first-order chi connectivity index (χ1) is 18.3. The standard InChI is InChI=1S/C31H38N2O6/c1-27(2)26-21(34)15-22-30(38-26,39-27)12-11-28(3)29(4)17(13-19-18-9-7-8-10-20(18)32-25(19)29)14-23(31(22,28)36)37-24(35)16-33(5)6/h7-10,15,17,23,26,32,36H,11-14,16H2,1-6H3/t17-,23+,26?,28?,29-,30+,31+/m1/s1. The fourth-order valence-electron chi connectivity index (χ4n) is 8.99. The summed E-state index contributed by atoms with van der Waals surface area (Å²) in [5, 5.41) is 14.4. The molecule has 8 nitrogen and oxygen atoms in total. The minimum Gasteiger partial charge on any atom is -0.458 e. The summed E-state index contributed by atoms with van der Waals surface area (Å²) >= 11 is 0. The lowest BCUT2D eigenvalue weighted by molar-refractivity contribution is -0.277. The van der Waals surface area contributed by atoms with Gasteiger partial charge in [0.15, 0.2) is 17.7 Å². The van der Waals surface area contributed by atoms with Crippen LogP contribution >= 0.6 is 0 Å². The molecular formula is C31H38N2O6. The van der Waals surface area contributed by atoms with Crippen molar-refractivity contribution >= 4 is 22.7 Å². The number of carbonyl (C=O) groups excluding carboxylic acids is 2. The molecule has 2 N–H and O–H groups in total. The molecule has 1 saturated heterocycles. The lowest BCUT2D eigenvalue weighted by atomic mass is 9.41. The van der Waals surface area contributed by atoms with Crippen LogP contribution in [-0.2, 0) is 35.6 Å². The van der Waals surface area contributed by atoms with Crippen molar-refractivity contribution in [3.63, 3.8) is 0 Å². The number of aliphatic hydroxyl groups is 1. The molecule has 1 aromatic carbocycles. The van der Waals surface area contributed by atoms with Gasteiger partial charge < -0.3 is 24.3 Å². The van der Waals surface area contributed by atoms with Gasteiger partial charge in [0.1, 0.15) is 17.3 Å². The Hall–Kier alpha value is -2.52. The normalized spacial score (nSPS) is 41.6. The van der Waals surface area contributed by atoms with Crippen LogP contribution in [0.15, 0.2) is 35.9 Å². The van der Waals surface area contributed by atoms with Crippen molar-refractivity contribution in [1.29, 1.82) is 0 Å². The number of nitrogens with one attached hydrogen (secondary N) is 1. The van der Waals surface area contributed by atoms with E-state index in [0.717, 1.165) is 17.6 Å². The first-order valence-corrected chi connectivity index (χ1v) is 14.1. The molecule has 208 valence electrons. The molecule has 3 heterocycles. The maximum absolute atomic E-state index is 13.4. The SMILES string of the molecule is CN(C)CC(=O)O[C@H]1C[C@H]2Cc3c([nH]c4ccccc34)[C@]2(C)C2(C)CC[C@@]34OC(C(=O)C=C3[C@]12O)C(C)(C)O4. The van der Waals surface area contributed by atoms with E-state index in [2.05, 4.69) is 37.0 Å². The monoisotopic (exact) mass is 534 g/mol. The van der Waals surface area contributed by atoms with Crippen LogP contribution in [0.2, 0.25) is 0 Å². The van der Waals surface area contributed by atoms with Crippen LogP contribution in [0.1, 0.15) is 58.2 Å². The Morgan fingerprint density at radius 2 is 1.92 bits per heavy atom. The van der Waals surface area contributed by atoms with E-state index in [1.807, 2.05) is 34.0 Å². The van der Waals surface area contributed by atoms with Crippen molar-refractivity contribution in [3.05, 3.63) is 47.2 Å². The number of aromatic amines is 1. The summed E-state index contributed by atoms with van der Waals surface area (Å²) in [4.78, 5) is 32.0. The lowest BCUT2D eigenvalue weighted by Crippen LogP contribution is -2.75. The molecule has 1 aromatic heterocycles. The van der Waals surface area contributed by atoms with Crippen molar-refractivity contribution in [3.8, 4) is 0 Å². The van der Waals surface area contributed by atoms with Crippen LogP contribution in [0.4, 0.5) is 0 Å². The van der Waals surface area contributed by atoms with E-state index in [0.29, 0.717) is 24.8 Å². The molecule has 0 amide bonds. The van der Waals surface area contributed by atoms with E-state index >= 15 is 0 Å². The second-order valence-electron chi connectivity index (χ2n) is 13.6. The summed E-state index contributed by atoms with van der Waals surface area (Å²) in [7, 11) is 3.62. The maximum Gasteiger partial charge on any atom is 0.320 e. The number of hydrogen-bond acceptors (Lipinski definition) is 7. The molecule has 2 aliphatic heterocycles. The summed E-state index contributed by atoms with van der Waals surface area (Å²) in [5.41, 5.74) is 0.109. The third-order valence-corrected chi connectivity index (χ3v) is 11.0. The molecule has 2 saturated carbocycles. The number of H-pyrrole nitrogens is 1. The zero-order valence-corrected chi connectivity index (χ0v) is 23.6. The first kappa shape index (κ1) is 25.4. The zero-order valence-electron chi connectivity index (χ0n) is 23.6. The van der Waals surface area contributed by atoms with Gasteiger partial charge in [-0.3, -0.25) is 14.5 Å². The van der Waals surface area contributed by atoms with Gasteiger partial charge in [-0.25, -0.2) is 0 Å². The second kappa shape index (κ2) is 7.60. The van der Waals surface area contributed by atoms with E-state index in [1.54, 1.807) is 11.0 Å². The van der Waals surface area contributed by atoms with Crippen LogP contribution in [0.3, 0.4) is 0 Å². The van der Waals surface area contributed by atoms with Crippen LogP contribution < -0.4 is 0 Å².